The van der Waals surface area contributed by atoms with E-state index < -0.39 is 41.1 Å². The molecule has 57 heavy (non-hydrogen) atoms. The summed E-state index contributed by atoms with van der Waals surface area (Å²) in [6, 6.07) is 5.26. The van der Waals surface area contributed by atoms with Crippen LogP contribution in [0.2, 0.25) is 0 Å². The Kier molecular flexibility index (Phi) is 9.83. The van der Waals surface area contributed by atoms with Gasteiger partial charge in [0, 0.05) is 13.0 Å². The van der Waals surface area contributed by atoms with Crippen LogP contribution in [0.3, 0.4) is 0 Å². The molecule has 2 aromatic heterocycles. The number of alkyl halides is 1. The Labute approximate surface area is 344 Å². The maximum absolute atomic E-state index is 17.6. The predicted octanol–water partition coefficient (Wildman–Crippen LogP) is 5.89. The minimum atomic E-state index is -0.965. The van der Waals surface area contributed by atoms with Crippen molar-refractivity contribution in [2.45, 2.75) is 88.3 Å². The van der Waals surface area contributed by atoms with E-state index in [4.69, 9.17) is 38.6 Å². The number of rotatable bonds is 7. The molecule has 4 fully saturated rings. The van der Waals surface area contributed by atoms with Gasteiger partial charge in [-0.15, -0.1) is 0 Å². The third kappa shape index (κ3) is 6.68. The molecule has 0 radical (unpaired) electrons. The fourth-order valence-corrected chi connectivity index (χ4v) is 10.1. The van der Waals surface area contributed by atoms with Gasteiger partial charge in [-0.2, -0.15) is 0 Å². The Morgan fingerprint density at radius 1 is 1.09 bits per heavy atom. The Morgan fingerprint density at radius 3 is 2.72 bits per heavy atom. The van der Waals surface area contributed by atoms with Gasteiger partial charge in [0.25, 0.3) is 0 Å². The summed E-state index contributed by atoms with van der Waals surface area (Å²) in [7, 11) is 1.49. The molecule has 0 spiro atoms. The Bertz CT molecular complexity index is 2350. The van der Waals surface area contributed by atoms with Crippen LogP contribution < -0.4 is 19.1 Å². The van der Waals surface area contributed by atoms with Crippen LogP contribution in [-0.4, -0.2) is 139 Å². The Balaban J connectivity index is 1.22. The molecule has 1 amide bonds. The van der Waals surface area contributed by atoms with E-state index in [0.29, 0.717) is 48.3 Å². The van der Waals surface area contributed by atoms with Crippen molar-refractivity contribution < 1.29 is 41.7 Å². The van der Waals surface area contributed by atoms with E-state index in [9.17, 15) is 9.18 Å². The normalized spacial score (nSPS) is 25.1. The minimum absolute atomic E-state index is 0.0674. The van der Waals surface area contributed by atoms with Gasteiger partial charge in [0.15, 0.2) is 0 Å². The number of carbonyl (C=O) groups excluding carboxylic acids is 1. The molecular weight excluding hydrogens is 934 g/mol. The average molecular weight is 976 g/mol. The molecule has 5 atom stereocenters. The van der Waals surface area contributed by atoms with E-state index >= 15 is 8.78 Å². The summed E-state index contributed by atoms with van der Waals surface area (Å²) in [6.07, 6.45) is 2.11. The van der Waals surface area contributed by atoms with Gasteiger partial charge in [-0.05, 0) is 53.0 Å². The number of piperazine rings is 1. The standard InChI is InChI=1S/C41H42F3N6O6.Tl/c1-6-26-28(43)10-8-22-14-25(55-21-52-5)15-27(31(22)26)34-33(44)35-32-36(47-38(46-35)54-20-41-12-7-13-48(41)17-23(42)16-41)49-18-24-9-11-29(30(49)19-53-37(32)45-34)50(24)39(51)56-40(2,3)4;/h8,10,14-15,23-24,29-30H,7,9,11-13,16-21H2,2-5H3;/t23-,24+,29-,30+,41+;/m0./s1. The fraction of sp³-hybridized carbons (Fsp3) is 0.512. The number of anilines is 1. The monoisotopic (exact) mass is 976 g/mol. The average Bonchev–Trinajstić information content (AvgIpc) is 3.78. The number of pyridine rings is 1. The number of amides is 1. The summed E-state index contributed by atoms with van der Waals surface area (Å²) in [5.41, 5.74) is -1.11. The molecule has 4 aromatic rings. The van der Waals surface area contributed by atoms with E-state index in [1.165, 1.54) is 13.2 Å². The summed E-state index contributed by atoms with van der Waals surface area (Å²) in [6.45, 7) is 7.17. The molecule has 2 bridgehead atoms. The predicted molar refractivity (Wildman–Crippen MR) is 205 cm³/mol. The maximum atomic E-state index is 17.6. The first-order chi connectivity index (χ1) is 27.4. The van der Waals surface area contributed by atoms with Gasteiger partial charge in [-0.1, -0.05) is 0 Å². The zero-order valence-corrected chi connectivity index (χ0v) is 36.7. The molecule has 4 saturated heterocycles. The Morgan fingerprint density at radius 2 is 1.93 bits per heavy atom. The summed E-state index contributed by atoms with van der Waals surface area (Å²) in [5.74, 6) is 2.38. The molecule has 0 saturated carbocycles. The molecule has 0 aliphatic carbocycles. The van der Waals surface area contributed by atoms with Crippen LogP contribution in [0.4, 0.5) is 23.8 Å². The van der Waals surface area contributed by atoms with Crippen LogP contribution >= 0.6 is 0 Å². The van der Waals surface area contributed by atoms with Crippen molar-refractivity contribution in [1.29, 1.82) is 0 Å². The van der Waals surface area contributed by atoms with E-state index in [1.54, 1.807) is 18.2 Å². The molecule has 9 rings (SSSR count). The SMILES string of the molecule is COCOc1cc(-c2nc3c4c(nc(OC[C@]56CCCN5C[C@@H](F)C6)nc4c2F)N2C[C@H]4CC[C@@H]([C@H]2CO3)N4C(=O)OC(C)(C)C)c2c(C#[C][Tl])c(F)ccc2c1. The summed E-state index contributed by atoms with van der Waals surface area (Å²) < 4.78 is 80.7. The van der Waals surface area contributed by atoms with Crippen molar-refractivity contribution in [3.8, 4) is 38.3 Å². The number of methoxy groups -OCH3 is 1. The number of fused-ring (bicyclic) bond motifs is 7. The molecule has 0 N–H and O–H groups in total. The number of benzene rings is 2. The zero-order valence-electron chi connectivity index (χ0n) is 32.2. The number of hydrogen-bond acceptors (Lipinski definition) is 11. The number of aromatic nitrogens is 3. The van der Waals surface area contributed by atoms with Crippen LogP contribution in [0.15, 0.2) is 24.3 Å². The zero-order chi connectivity index (χ0) is 39.8. The van der Waals surface area contributed by atoms with Gasteiger partial charge in [0.05, 0.1) is 11.6 Å². The van der Waals surface area contributed by atoms with Gasteiger partial charge in [-0.25, -0.2) is 9.18 Å². The van der Waals surface area contributed by atoms with Crippen LogP contribution in [0.1, 0.15) is 58.4 Å². The second-order valence-corrected chi connectivity index (χ2v) is 17.6. The third-order valence-corrected chi connectivity index (χ3v) is 12.4. The molecule has 12 nitrogen and oxygen atoms in total. The van der Waals surface area contributed by atoms with E-state index in [-0.39, 0.29) is 97.5 Å². The summed E-state index contributed by atoms with van der Waals surface area (Å²) >= 11 is 0.263. The number of hydrogen-bond donors (Lipinski definition) is 0. The topological polar surface area (TPSA) is 112 Å². The van der Waals surface area contributed by atoms with Crippen LogP contribution in [0, 0.1) is 21.0 Å². The van der Waals surface area contributed by atoms with E-state index in [2.05, 4.69) is 19.2 Å². The van der Waals surface area contributed by atoms with Crippen LogP contribution in [-0.2, 0) is 9.47 Å². The van der Waals surface area contributed by atoms with Gasteiger partial charge in [-0.3, -0.25) is 9.80 Å². The molecular formula is C41H42F3N6O6Tl. The fourth-order valence-electron chi connectivity index (χ4n) is 9.56. The van der Waals surface area contributed by atoms with Gasteiger partial charge < -0.3 is 4.74 Å². The van der Waals surface area contributed by atoms with Crippen molar-refractivity contribution in [2.24, 2.45) is 0 Å². The van der Waals surface area contributed by atoms with Crippen LogP contribution in [0.5, 0.6) is 17.6 Å². The van der Waals surface area contributed by atoms with E-state index in [1.807, 2.05) is 25.7 Å². The Hall–Kier alpha value is -4.15. The quantitative estimate of drug-likeness (QED) is 0.126. The molecule has 296 valence electrons. The molecule has 5 aliphatic heterocycles. The van der Waals surface area contributed by atoms with Gasteiger partial charge in [0.1, 0.15) is 11.8 Å². The molecule has 16 heteroatoms. The summed E-state index contributed by atoms with van der Waals surface area (Å²) in [5, 5.41) is 1.17. The third-order valence-electron chi connectivity index (χ3n) is 11.8. The first kappa shape index (κ1) is 38.4. The second-order valence-electron chi connectivity index (χ2n) is 16.5. The molecule has 5 aliphatic rings. The number of carbonyl (C=O) groups is 1. The first-order valence-corrected chi connectivity index (χ1v) is 21.6. The molecule has 0 unspecified atom stereocenters. The number of nitrogens with zero attached hydrogens (tertiary/aromatic N) is 6. The molecule has 7 heterocycles. The van der Waals surface area contributed by atoms with Crippen molar-refractivity contribution in [1.82, 2.24) is 24.8 Å². The van der Waals surface area contributed by atoms with E-state index in [0.717, 1.165) is 25.8 Å². The second kappa shape index (κ2) is 14.6. The van der Waals surface area contributed by atoms with Crippen molar-refractivity contribution >= 4 is 59.4 Å². The van der Waals surface area contributed by atoms with Crippen molar-refractivity contribution in [3.05, 3.63) is 41.5 Å². The summed E-state index contributed by atoms with van der Waals surface area (Å²) in [4.78, 5) is 34.1. The van der Waals surface area contributed by atoms with Crippen molar-refractivity contribution in [3.63, 3.8) is 0 Å². The number of halogens is 3. The van der Waals surface area contributed by atoms with Crippen molar-refractivity contribution in [2.75, 3.05) is 51.7 Å². The van der Waals surface area contributed by atoms with Gasteiger partial charge >= 0.3 is 232 Å². The van der Waals surface area contributed by atoms with Gasteiger partial charge in [0.2, 0.25) is 0 Å². The first-order valence-electron chi connectivity index (χ1n) is 19.3. The molecule has 2 aromatic carbocycles. The number of ether oxygens (including phenoxy) is 5. The van der Waals surface area contributed by atoms with Crippen LogP contribution in [0.25, 0.3) is 32.9 Å².